The Kier molecular flexibility index (Phi) is 4.51. The van der Waals surface area contributed by atoms with E-state index in [1.165, 1.54) is 12.1 Å². The van der Waals surface area contributed by atoms with Gasteiger partial charge in [-0.1, -0.05) is 6.92 Å². The van der Waals surface area contributed by atoms with E-state index in [0.29, 0.717) is 16.7 Å². The molecule has 0 aliphatic rings. The molecule has 1 aromatic rings. The fourth-order valence-corrected chi connectivity index (χ4v) is 1.86. The molecule has 1 rings (SSSR count). The van der Waals surface area contributed by atoms with Crippen molar-refractivity contribution >= 4 is 33.5 Å². The van der Waals surface area contributed by atoms with Crippen LogP contribution in [0.4, 0.5) is 5.69 Å². The van der Waals surface area contributed by atoms with E-state index in [1.807, 2.05) is 6.92 Å². The second kappa shape index (κ2) is 5.67. The molecule has 4 N–H and O–H groups in total. The molecule has 0 saturated heterocycles. The van der Waals surface area contributed by atoms with E-state index in [0.717, 1.165) is 6.42 Å². The summed E-state index contributed by atoms with van der Waals surface area (Å²) >= 11 is 3.10. The van der Waals surface area contributed by atoms with E-state index in [9.17, 15) is 9.59 Å². The Morgan fingerprint density at radius 3 is 2.53 bits per heavy atom. The second-order valence-corrected chi connectivity index (χ2v) is 4.33. The highest BCUT2D eigenvalue weighted by molar-refractivity contribution is 9.10. The summed E-state index contributed by atoms with van der Waals surface area (Å²) in [5, 5.41) is 12.0. The highest BCUT2D eigenvalue weighted by Gasteiger charge is 2.15. The van der Waals surface area contributed by atoms with Crippen molar-refractivity contribution in [2.75, 3.05) is 11.9 Å². The zero-order valence-corrected chi connectivity index (χ0v) is 10.9. The molecule has 17 heavy (non-hydrogen) atoms. The molecule has 0 aliphatic heterocycles. The second-order valence-electron chi connectivity index (χ2n) is 3.47. The molecule has 0 heterocycles. The first-order chi connectivity index (χ1) is 7.97. The van der Waals surface area contributed by atoms with Crippen LogP contribution in [-0.2, 0) is 0 Å². The van der Waals surface area contributed by atoms with Crippen molar-refractivity contribution in [3.63, 3.8) is 0 Å². The van der Waals surface area contributed by atoms with Crippen molar-refractivity contribution in [3.8, 4) is 0 Å². The number of rotatable bonds is 5. The molecule has 1 amide bonds. The number of carbonyl (C=O) groups is 2. The van der Waals surface area contributed by atoms with Gasteiger partial charge >= 0.3 is 5.97 Å². The van der Waals surface area contributed by atoms with Crippen molar-refractivity contribution in [3.05, 3.63) is 27.7 Å². The number of carboxylic acid groups (broad SMARTS) is 1. The van der Waals surface area contributed by atoms with Gasteiger partial charge in [0, 0.05) is 16.7 Å². The molecule has 0 saturated carbocycles. The van der Waals surface area contributed by atoms with Crippen LogP contribution < -0.4 is 11.1 Å². The Labute approximate surface area is 107 Å². The maximum Gasteiger partial charge on any atom is 0.336 e. The minimum Gasteiger partial charge on any atom is -0.478 e. The van der Waals surface area contributed by atoms with Crippen LogP contribution in [0.3, 0.4) is 0 Å². The average molecular weight is 301 g/mol. The summed E-state index contributed by atoms with van der Waals surface area (Å²) in [6, 6.07) is 2.83. The number of nitrogens with one attached hydrogen (secondary N) is 1. The summed E-state index contributed by atoms with van der Waals surface area (Å²) in [6.45, 7) is 2.61. The van der Waals surface area contributed by atoms with Crippen LogP contribution in [-0.4, -0.2) is 23.5 Å². The van der Waals surface area contributed by atoms with Crippen LogP contribution in [0.15, 0.2) is 16.6 Å². The first-order valence-electron chi connectivity index (χ1n) is 5.07. The van der Waals surface area contributed by atoms with Crippen molar-refractivity contribution in [2.45, 2.75) is 13.3 Å². The minimum absolute atomic E-state index is 0.0913. The molecular formula is C11H13BrN2O3. The number of amides is 1. The largest absolute Gasteiger partial charge is 0.478 e. The lowest BCUT2D eigenvalue weighted by molar-refractivity contribution is 0.0695. The Balaban J connectivity index is 3.26. The molecule has 0 aliphatic carbocycles. The fraction of sp³-hybridized carbons (Fsp3) is 0.273. The standard InChI is InChI=1S/C11H13BrN2O3/c1-2-3-14-9-5-6(11(16)17)8(12)4-7(9)10(13)15/h4-5,14H,2-3H2,1H3,(H2,13,15)(H,16,17). The highest BCUT2D eigenvalue weighted by atomic mass is 79.9. The van der Waals surface area contributed by atoms with Crippen LogP contribution in [0.5, 0.6) is 0 Å². The number of carboxylic acids is 1. The average Bonchev–Trinajstić information content (AvgIpc) is 2.26. The van der Waals surface area contributed by atoms with Crippen molar-refractivity contribution in [2.24, 2.45) is 5.73 Å². The van der Waals surface area contributed by atoms with Gasteiger partial charge < -0.3 is 16.2 Å². The SMILES string of the molecule is CCCNc1cc(C(=O)O)c(Br)cc1C(N)=O. The lowest BCUT2D eigenvalue weighted by Gasteiger charge is -2.11. The summed E-state index contributed by atoms with van der Waals surface area (Å²) in [4.78, 5) is 22.2. The number of hydrogen-bond acceptors (Lipinski definition) is 3. The molecule has 0 aromatic heterocycles. The van der Waals surface area contributed by atoms with E-state index in [1.54, 1.807) is 0 Å². The lowest BCUT2D eigenvalue weighted by atomic mass is 10.1. The van der Waals surface area contributed by atoms with Gasteiger partial charge in [-0.15, -0.1) is 0 Å². The zero-order valence-electron chi connectivity index (χ0n) is 9.29. The molecule has 6 heteroatoms. The summed E-state index contributed by atoms with van der Waals surface area (Å²) in [5.41, 5.74) is 6.04. The highest BCUT2D eigenvalue weighted by Crippen LogP contribution is 2.25. The zero-order chi connectivity index (χ0) is 13.0. The molecule has 5 nitrogen and oxygen atoms in total. The molecule has 0 atom stereocenters. The monoisotopic (exact) mass is 300 g/mol. The maximum absolute atomic E-state index is 11.2. The van der Waals surface area contributed by atoms with E-state index < -0.39 is 11.9 Å². The van der Waals surface area contributed by atoms with Gasteiger partial charge in [-0.2, -0.15) is 0 Å². The Hall–Kier alpha value is -1.56. The topological polar surface area (TPSA) is 92.4 Å². The number of nitrogens with two attached hydrogens (primary N) is 1. The van der Waals surface area contributed by atoms with Crippen LogP contribution in [0.1, 0.15) is 34.1 Å². The van der Waals surface area contributed by atoms with Crippen molar-refractivity contribution in [1.82, 2.24) is 0 Å². The number of hydrogen-bond donors (Lipinski definition) is 3. The van der Waals surface area contributed by atoms with E-state index >= 15 is 0 Å². The molecule has 0 bridgehead atoms. The lowest BCUT2D eigenvalue weighted by Crippen LogP contribution is -2.16. The first kappa shape index (κ1) is 13.5. The summed E-state index contributed by atoms with van der Waals surface area (Å²) < 4.78 is 0.334. The number of aromatic carboxylic acids is 1. The Bertz CT molecular complexity index is 460. The van der Waals surface area contributed by atoms with Gasteiger partial charge in [0.15, 0.2) is 0 Å². The van der Waals surface area contributed by atoms with Crippen LogP contribution >= 0.6 is 15.9 Å². The van der Waals surface area contributed by atoms with Crippen molar-refractivity contribution < 1.29 is 14.7 Å². The normalized spacial score (nSPS) is 10.0. The van der Waals surface area contributed by atoms with Gasteiger partial charge in [0.25, 0.3) is 5.91 Å². The number of primary amides is 1. The number of carbonyl (C=O) groups excluding carboxylic acids is 1. The summed E-state index contributed by atoms with van der Waals surface area (Å²) in [6.07, 6.45) is 0.858. The first-order valence-corrected chi connectivity index (χ1v) is 5.87. The summed E-state index contributed by atoms with van der Waals surface area (Å²) in [7, 11) is 0. The molecule has 0 unspecified atom stereocenters. The third-order valence-corrected chi connectivity index (χ3v) is 2.82. The van der Waals surface area contributed by atoms with Gasteiger partial charge in [0.1, 0.15) is 0 Å². The van der Waals surface area contributed by atoms with Gasteiger partial charge in [-0.3, -0.25) is 4.79 Å². The molecule has 0 fully saturated rings. The molecule has 92 valence electrons. The Morgan fingerprint density at radius 2 is 2.06 bits per heavy atom. The third-order valence-electron chi connectivity index (χ3n) is 2.17. The van der Waals surface area contributed by atoms with E-state index in [-0.39, 0.29) is 11.1 Å². The summed E-state index contributed by atoms with van der Waals surface area (Å²) in [5.74, 6) is -1.66. The predicted octanol–water partition coefficient (Wildman–Crippen LogP) is 2.07. The van der Waals surface area contributed by atoms with E-state index in [4.69, 9.17) is 10.8 Å². The van der Waals surface area contributed by atoms with Crippen LogP contribution in [0.2, 0.25) is 0 Å². The molecular weight excluding hydrogens is 288 g/mol. The fourth-order valence-electron chi connectivity index (χ4n) is 1.35. The van der Waals surface area contributed by atoms with Crippen molar-refractivity contribution in [1.29, 1.82) is 0 Å². The molecule has 0 spiro atoms. The smallest absolute Gasteiger partial charge is 0.336 e. The van der Waals surface area contributed by atoms with Gasteiger partial charge in [0.2, 0.25) is 0 Å². The van der Waals surface area contributed by atoms with Crippen LogP contribution in [0, 0.1) is 0 Å². The third kappa shape index (κ3) is 3.20. The predicted molar refractivity (Wildman–Crippen MR) is 68.4 cm³/mol. The van der Waals surface area contributed by atoms with Gasteiger partial charge in [-0.05, 0) is 34.5 Å². The van der Waals surface area contributed by atoms with Crippen LogP contribution in [0.25, 0.3) is 0 Å². The van der Waals surface area contributed by atoms with E-state index in [2.05, 4.69) is 21.2 Å². The molecule has 1 aromatic carbocycles. The number of halogens is 1. The maximum atomic E-state index is 11.2. The molecule has 0 radical (unpaired) electrons. The Morgan fingerprint density at radius 1 is 1.41 bits per heavy atom. The number of anilines is 1. The quantitative estimate of drug-likeness (QED) is 0.776. The van der Waals surface area contributed by atoms with Gasteiger partial charge in [0.05, 0.1) is 11.1 Å². The number of benzene rings is 1. The minimum atomic E-state index is -1.06. The van der Waals surface area contributed by atoms with Gasteiger partial charge in [-0.25, -0.2) is 4.79 Å².